The van der Waals surface area contributed by atoms with Crippen LogP contribution in [0.15, 0.2) is 29.9 Å². The Kier molecular flexibility index (Phi) is 4.45. The zero-order chi connectivity index (χ0) is 14.7. The van der Waals surface area contributed by atoms with Crippen LogP contribution in [0.4, 0.5) is 5.95 Å². The molecule has 112 valence electrons. The highest BCUT2D eigenvalue weighted by Crippen LogP contribution is 2.26. The molecule has 0 radical (unpaired) electrons. The molecule has 2 unspecified atom stereocenters. The second-order valence-corrected chi connectivity index (χ2v) is 6.41. The molecule has 1 fully saturated rings. The summed E-state index contributed by atoms with van der Waals surface area (Å²) in [6.07, 6.45) is 4.67. The van der Waals surface area contributed by atoms with Crippen molar-refractivity contribution in [2.45, 2.75) is 25.0 Å². The van der Waals surface area contributed by atoms with Crippen molar-refractivity contribution in [1.82, 2.24) is 25.7 Å². The van der Waals surface area contributed by atoms with Crippen molar-refractivity contribution in [2.75, 3.05) is 19.3 Å². The lowest BCUT2D eigenvalue weighted by Crippen LogP contribution is -2.38. The quantitative estimate of drug-likeness (QED) is 0.769. The number of nitrogens with two attached hydrogens (primary N) is 1. The van der Waals surface area contributed by atoms with Gasteiger partial charge in [0.05, 0.1) is 6.04 Å². The van der Waals surface area contributed by atoms with E-state index >= 15 is 0 Å². The highest BCUT2D eigenvalue weighted by molar-refractivity contribution is 7.10. The molecule has 1 aliphatic rings. The summed E-state index contributed by atoms with van der Waals surface area (Å²) < 4.78 is 0. The Hall–Kier alpha value is -1.54. The molecule has 0 aliphatic carbocycles. The van der Waals surface area contributed by atoms with Gasteiger partial charge in [0.2, 0.25) is 5.95 Å². The lowest BCUT2D eigenvalue weighted by molar-refractivity contribution is 0.288. The Morgan fingerprint density at radius 2 is 2.19 bits per heavy atom. The molecule has 3 rings (SSSR count). The Morgan fingerprint density at radius 3 is 2.90 bits per heavy atom. The van der Waals surface area contributed by atoms with E-state index in [0.29, 0.717) is 18.0 Å². The summed E-state index contributed by atoms with van der Waals surface area (Å²) >= 11 is 1.80. The van der Waals surface area contributed by atoms with Gasteiger partial charge < -0.3 is 10.6 Å². The normalized spacial score (nSPS) is 22.0. The number of nitrogens with zero attached hydrogens (tertiary/aromatic N) is 3. The average molecular weight is 304 g/mol. The van der Waals surface area contributed by atoms with Crippen LogP contribution in [-0.4, -0.2) is 34.5 Å². The summed E-state index contributed by atoms with van der Waals surface area (Å²) in [6.45, 7) is 1.79. The summed E-state index contributed by atoms with van der Waals surface area (Å²) in [5, 5.41) is 2.12. The first-order chi connectivity index (χ1) is 10.2. The average Bonchev–Trinajstić information content (AvgIpc) is 3.12. The van der Waals surface area contributed by atoms with Crippen LogP contribution in [0.1, 0.15) is 22.9 Å². The summed E-state index contributed by atoms with van der Waals surface area (Å²) in [5.41, 5.74) is 13.3. The fourth-order valence-corrected chi connectivity index (χ4v) is 3.41. The Balaban J connectivity index is 1.49. The fraction of sp³-hybridized carbons (Fsp3) is 0.429. The molecule has 2 aromatic rings. The zero-order valence-electron chi connectivity index (χ0n) is 12.0. The first-order valence-corrected chi connectivity index (χ1v) is 7.88. The Labute approximate surface area is 128 Å². The molecule has 6 nitrogen and oxygen atoms in total. The van der Waals surface area contributed by atoms with Crippen molar-refractivity contribution >= 4 is 17.3 Å². The van der Waals surface area contributed by atoms with E-state index in [0.717, 1.165) is 25.1 Å². The van der Waals surface area contributed by atoms with Gasteiger partial charge in [-0.3, -0.25) is 5.43 Å². The largest absolute Gasteiger partial charge is 0.368 e. The third kappa shape index (κ3) is 3.76. The molecular formula is C14H20N6S. The van der Waals surface area contributed by atoms with Gasteiger partial charge in [0.1, 0.15) is 0 Å². The first-order valence-electron chi connectivity index (χ1n) is 7.00. The van der Waals surface area contributed by atoms with Crippen LogP contribution in [0.5, 0.6) is 0 Å². The zero-order valence-corrected chi connectivity index (χ0v) is 12.8. The number of hydrogen-bond donors (Lipinski definition) is 3. The van der Waals surface area contributed by atoms with Crippen molar-refractivity contribution < 1.29 is 0 Å². The maximum absolute atomic E-state index is 5.50. The highest BCUT2D eigenvalue weighted by atomic mass is 32.1. The SMILES string of the molecule is CN(Cc1cnc(N)nc1)CC1CC(c2cccs2)NN1. The van der Waals surface area contributed by atoms with Crippen LogP contribution in [0, 0.1) is 0 Å². The molecule has 0 aromatic carbocycles. The molecule has 1 saturated heterocycles. The Morgan fingerprint density at radius 1 is 1.38 bits per heavy atom. The number of nitrogens with one attached hydrogen (secondary N) is 2. The highest BCUT2D eigenvalue weighted by Gasteiger charge is 2.26. The molecule has 1 aliphatic heterocycles. The molecule has 0 spiro atoms. The smallest absolute Gasteiger partial charge is 0.219 e. The van der Waals surface area contributed by atoms with Gasteiger partial charge in [0.25, 0.3) is 0 Å². The molecule has 0 bridgehead atoms. The van der Waals surface area contributed by atoms with E-state index in [1.54, 1.807) is 23.7 Å². The van der Waals surface area contributed by atoms with Crippen LogP contribution in [-0.2, 0) is 6.54 Å². The molecule has 0 amide bonds. The first kappa shape index (κ1) is 14.4. The summed E-state index contributed by atoms with van der Waals surface area (Å²) in [5.74, 6) is 0.321. The monoisotopic (exact) mass is 304 g/mol. The van der Waals surface area contributed by atoms with Gasteiger partial charge in [-0.15, -0.1) is 11.3 Å². The van der Waals surface area contributed by atoms with E-state index in [9.17, 15) is 0 Å². The lowest BCUT2D eigenvalue weighted by atomic mass is 10.1. The molecule has 0 saturated carbocycles. The van der Waals surface area contributed by atoms with E-state index in [1.165, 1.54) is 4.88 Å². The van der Waals surface area contributed by atoms with E-state index in [2.05, 4.69) is 50.3 Å². The van der Waals surface area contributed by atoms with Crippen molar-refractivity contribution in [3.05, 3.63) is 40.3 Å². The number of hydrogen-bond acceptors (Lipinski definition) is 7. The maximum atomic E-state index is 5.50. The minimum atomic E-state index is 0.321. The summed E-state index contributed by atoms with van der Waals surface area (Å²) in [4.78, 5) is 11.7. The second kappa shape index (κ2) is 6.48. The molecule has 3 heterocycles. The van der Waals surface area contributed by atoms with Gasteiger partial charge in [-0.25, -0.2) is 15.4 Å². The number of nitrogen functional groups attached to an aromatic ring is 1. The number of hydrazine groups is 1. The van der Waals surface area contributed by atoms with Crippen LogP contribution in [0.25, 0.3) is 0 Å². The second-order valence-electron chi connectivity index (χ2n) is 5.44. The van der Waals surface area contributed by atoms with Gasteiger partial charge >= 0.3 is 0 Å². The standard InChI is InChI=1S/C14H20N6S/c1-20(8-10-6-16-14(15)17-7-10)9-11-5-12(19-18-11)13-3-2-4-21-13/h2-4,6-7,11-12,18-19H,5,8-9H2,1H3,(H2,15,16,17). The topological polar surface area (TPSA) is 79.1 Å². The third-order valence-corrected chi connectivity index (χ3v) is 4.56. The van der Waals surface area contributed by atoms with Gasteiger partial charge in [0.15, 0.2) is 0 Å². The number of rotatable bonds is 5. The van der Waals surface area contributed by atoms with Gasteiger partial charge in [0, 0.05) is 42.0 Å². The predicted octanol–water partition coefficient (Wildman–Crippen LogP) is 1.16. The molecular weight excluding hydrogens is 284 g/mol. The Bertz CT molecular complexity index is 555. The van der Waals surface area contributed by atoms with E-state index < -0.39 is 0 Å². The molecule has 7 heteroatoms. The van der Waals surface area contributed by atoms with Crippen LogP contribution >= 0.6 is 11.3 Å². The van der Waals surface area contributed by atoms with E-state index in [1.807, 2.05) is 0 Å². The van der Waals surface area contributed by atoms with E-state index in [4.69, 9.17) is 5.73 Å². The van der Waals surface area contributed by atoms with Gasteiger partial charge in [-0.1, -0.05) is 6.07 Å². The summed E-state index contributed by atoms with van der Waals surface area (Å²) in [6, 6.07) is 5.14. The van der Waals surface area contributed by atoms with Crippen LogP contribution in [0.3, 0.4) is 0 Å². The molecule has 2 atom stereocenters. The van der Waals surface area contributed by atoms with Gasteiger partial charge in [-0.2, -0.15) is 0 Å². The molecule has 21 heavy (non-hydrogen) atoms. The number of aromatic nitrogens is 2. The molecule has 2 aromatic heterocycles. The minimum absolute atomic E-state index is 0.321. The van der Waals surface area contributed by atoms with Crippen LogP contribution < -0.4 is 16.6 Å². The van der Waals surface area contributed by atoms with E-state index in [-0.39, 0.29) is 0 Å². The number of thiophene rings is 1. The van der Waals surface area contributed by atoms with Crippen molar-refractivity contribution in [2.24, 2.45) is 0 Å². The van der Waals surface area contributed by atoms with Gasteiger partial charge in [-0.05, 0) is 24.9 Å². The lowest BCUT2D eigenvalue weighted by Gasteiger charge is -2.20. The van der Waals surface area contributed by atoms with Crippen LogP contribution in [0.2, 0.25) is 0 Å². The minimum Gasteiger partial charge on any atom is -0.368 e. The predicted molar refractivity (Wildman–Crippen MR) is 84.5 cm³/mol. The molecule has 4 N–H and O–H groups in total. The number of anilines is 1. The van der Waals surface area contributed by atoms with Crippen molar-refractivity contribution in [1.29, 1.82) is 0 Å². The maximum Gasteiger partial charge on any atom is 0.219 e. The van der Waals surface area contributed by atoms with Crippen molar-refractivity contribution in [3.8, 4) is 0 Å². The third-order valence-electron chi connectivity index (χ3n) is 3.58. The van der Waals surface area contributed by atoms with Crippen molar-refractivity contribution in [3.63, 3.8) is 0 Å². The fourth-order valence-electron chi connectivity index (χ4n) is 2.62. The summed E-state index contributed by atoms with van der Waals surface area (Å²) in [7, 11) is 2.11. The number of likely N-dealkylation sites (N-methyl/N-ethyl adjacent to an activating group) is 1.